The summed E-state index contributed by atoms with van der Waals surface area (Å²) in [5.74, 6) is -2.55. The Morgan fingerprint density at radius 3 is 2.44 bits per heavy atom. The number of halogens is 2. The van der Waals surface area contributed by atoms with Crippen LogP contribution in [0.3, 0.4) is 0 Å². The first-order valence-corrected chi connectivity index (χ1v) is 8.62. The monoisotopic (exact) mass is 369 g/mol. The molecule has 2 aromatic carbocycles. The van der Waals surface area contributed by atoms with Gasteiger partial charge < -0.3 is 5.32 Å². The van der Waals surface area contributed by atoms with E-state index in [9.17, 15) is 13.6 Å². The lowest BCUT2D eigenvalue weighted by Crippen LogP contribution is -2.18. The summed E-state index contributed by atoms with van der Waals surface area (Å²) >= 11 is 0. The Morgan fingerprint density at radius 1 is 1.07 bits per heavy atom. The normalized spacial score (nSPS) is 11.4. The highest BCUT2D eigenvalue weighted by atomic mass is 19.2. The first-order valence-electron chi connectivity index (χ1n) is 8.62. The number of hydrogen-bond donors (Lipinski definition) is 1. The van der Waals surface area contributed by atoms with E-state index in [1.54, 1.807) is 16.9 Å². The van der Waals surface area contributed by atoms with Crippen molar-refractivity contribution in [1.29, 1.82) is 0 Å². The molecule has 140 valence electrons. The van der Waals surface area contributed by atoms with Crippen LogP contribution >= 0.6 is 0 Å². The van der Waals surface area contributed by atoms with Crippen LogP contribution in [0.1, 0.15) is 42.3 Å². The molecule has 0 atom stereocenters. The zero-order valence-electron chi connectivity index (χ0n) is 15.5. The van der Waals surface area contributed by atoms with Gasteiger partial charge in [0.15, 0.2) is 11.6 Å². The van der Waals surface area contributed by atoms with Crippen molar-refractivity contribution in [1.82, 2.24) is 9.78 Å². The molecule has 0 spiro atoms. The standard InChI is InChI=1S/C21H21F2N3O/c1-21(2,3)15-9-7-14(8-10-15)13-26-18(11-12-24-26)25-20(27)16-5-4-6-17(22)19(16)23/h4-12H,13H2,1-3H3,(H,25,27). The Hall–Kier alpha value is -3.02. The molecule has 0 saturated heterocycles. The van der Waals surface area contributed by atoms with E-state index < -0.39 is 17.5 Å². The zero-order chi connectivity index (χ0) is 19.6. The summed E-state index contributed by atoms with van der Waals surface area (Å²) in [6.45, 7) is 6.89. The maximum Gasteiger partial charge on any atom is 0.259 e. The summed E-state index contributed by atoms with van der Waals surface area (Å²) in [6.07, 6.45) is 1.54. The summed E-state index contributed by atoms with van der Waals surface area (Å²) < 4.78 is 28.7. The molecule has 0 saturated carbocycles. The van der Waals surface area contributed by atoms with Gasteiger partial charge in [-0.2, -0.15) is 5.10 Å². The van der Waals surface area contributed by atoms with Gasteiger partial charge in [0, 0.05) is 6.07 Å². The van der Waals surface area contributed by atoms with Gasteiger partial charge in [-0.05, 0) is 28.7 Å². The highest BCUT2D eigenvalue weighted by Crippen LogP contribution is 2.23. The molecule has 6 heteroatoms. The van der Waals surface area contributed by atoms with E-state index in [2.05, 4.69) is 43.3 Å². The van der Waals surface area contributed by atoms with Crippen molar-refractivity contribution in [3.63, 3.8) is 0 Å². The van der Waals surface area contributed by atoms with E-state index in [4.69, 9.17) is 0 Å². The Labute approximate surface area is 156 Å². The van der Waals surface area contributed by atoms with E-state index in [0.717, 1.165) is 11.6 Å². The van der Waals surface area contributed by atoms with E-state index in [-0.39, 0.29) is 11.0 Å². The first kappa shape index (κ1) is 18.8. The van der Waals surface area contributed by atoms with Crippen LogP contribution in [0, 0.1) is 11.6 Å². The molecule has 0 aliphatic rings. The van der Waals surface area contributed by atoms with Crippen molar-refractivity contribution in [3.05, 3.63) is 83.1 Å². The average Bonchev–Trinajstić information content (AvgIpc) is 3.03. The molecule has 0 fully saturated rings. The number of carbonyl (C=O) groups excluding carboxylic acids is 1. The van der Waals surface area contributed by atoms with Crippen LogP contribution < -0.4 is 5.32 Å². The Morgan fingerprint density at radius 2 is 1.78 bits per heavy atom. The highest BCUT2D eigenvalue weighted by molar-refractivity contribution is 6.04. The largest absolute Gasteiger partial charge is 0.307 e. The molecule has 0 radical (unpaired) electrons. The molecule has 0 aliphatic heterocycles. The van der Waals surface area contributed by atoms with Crippen LogP contribution in [0.4, 0.5) is 14.6 Å². The molecule has 27 heavy (non-hydrogen) atoms. The quantitative estimate of drug-likeness (QED) is 0.721. The smallest absolute Gasteiger partial charge is 0.259 e. The molecule has 3 aromatic rings. The lowest BCUT2D eigenvalue weighted by atomic mass is 9.87. The number of nitrogens with one attached hydrogen (secondary N) is 1. The zero-order valence-corrected chi connectivity index (χ0v) is 15.5. The maximum atomic E-state index is 13.8. The third kappa shape index (κ3) is 4.22. The van der Waals surface area contributed by atoms with Gasteiger partial charge in [-0.1, -0.05) is 51.1 Å². The number of hydrogen-bond acceptors (Lipinski definition) is 2. The minimum atomic E-state index is -1.17. The molecular formula is C21H21F2N3O. The summed E-state index contributed by atoms with van der Waals surface area (Å²) in [6, 6.07) is 13.3. The molecule has 1 heterocycles. The number of anilines is 1. The van der Waals surface area contributed by atoms with Crippen LogP contribution in [0.15, 0.2) is 54.7 Å². The van der Waals surface area contributed by atoms with Gasteiger partial charge in [0.2, 0.25) is 0 Å². The molecule has 4 nitrogen and oxygen atoms in total. The fraction of sp³-hybridized carbons (Fsp3) is 0.238. The molecule has 3 rings (SSSR count). The lowest BCUT2D eigenvalue weighted by molar-refractivity contribution is 0.102. The van der Waals surface area contributed by atoms with Crippen molar-refractivity contribution >= 4 is 11.7 Å². The fourth-order valence-electron chi connectivity index (χ4n) is 2.71. The van der Waals surface area contributed by atoms with Gasteiger partial charge in [0.05, 0.1) is 18.3 Å². The van der Waals surface area contributed by atoms with E-state index in [1.807, 2.05) is 12.1 Å². The lowest BCUT2D eigenvalue weighted by Gasteiger charge is -2.19. The Kier molecular flexibility index (Phi) is 5.08. The van der Waals surface area contributed by atoms with Gasteiger partial charge >= 0.3 is 0 Å². The van der Waals surface area contributed by atoms with Crippen LogP contribution in [0.5, 0.6) is 0 Å². The topological polar surface area (TPSA) is 46.9 Å². The Balaban J connectivity index is 1.76. The van der Waals surface area contributed by atoms with Gasteiger partial charge in [-0.25, -0.2) is 13.5 Å². The van der Waals surface area contributed by atoms with Crippen molar-refractivity contribution in [3.8, 4) is 0 Å². The van der Waals surface area contributed by atoms with Crippen molar-refractivity contribution in [2.24, 2.45) is 0 Å². The number of carbonyl (C=O) groups is 1. The first-order chi connectivity index (χ1) is 12.8. The number of benzene rings is 2. The third-order valence-corrected chi connectivity index (χ3v) is 4.31. The minimum absolute atomic E-state index is 0.0679. The van der Waals surface area contributed by atoms with Crippen LogP contribution in [-0.2, 0) is 12.0 Å². The molecule has 1 N–H and O–H groups in total. The van der Waals surface area contributed by atoms with Crippen molar-refractivity contribution < 1.29 is 13.6 Å². The average molecular weight is 369 g/mol. The molecular weight excluding hydrogens is 348 g/mol. The fourth-order valence-corrected chi connectivity index (χ4v) is 2.71. The minimum Gasteiger partial charge on any atom is -0.307 e. The second-order valence-electron chi connectivity index (χ2n) is 7.38. The number of rotatable bonds is 4. The van der Waals surface area contributed by atoms with Gasteiger partial charge in [0.1, 0.15) is 5.82 Å². The molecule has 0 unspecified atom stereocenters. The molecule has 0 aliphatic carbocycles. The molecule has 1 amide bonds. The predicted octanol–water partition coefficient (Wildman–Crippen LogP) is 4.76. The summed E-state index contributed by atoms with van der Waals surface area (Å²) in [5, 5.41) is 6.79. The third-order valence-electron chi connectivity index (χ3n) is 4.31. The van der Waals surface area contributed by atoms with E-state index in [0.29, 0.717) is 12.4 Å². The van der Waals surface area contributed by atoms with Gasteiger partial charge in [-0.15, -0.1) is 0 Å². The molecule has 1 aromatic heterocycles. The predicted molar refractivity (Wildman–Crippen MR) is 101 cm³/mol. The van der Waals surface area contributed by atoms with E-state index >= 15 is 0 Å². The SMILES string of the molecule is CC(C)(C)c1ccc(Cn2nccc2NC(=O)c2cccc(F)c2F)cc1. The summed E-state index contributed by atoms with van der Waals surface area (Å²) in [5.41, 5.74) is 1.96. The second-order valence-corrected chi connectivity index (χ2v) is 7.38. The Bertz CT molecular complexity index is 956. The number of amides is 1. The van der Waals surface area contributed by atoms with Crippen molar-refractivity contribution in [2.75, 3.05) is 5.32 Å². The van der Waals surface area contributed by atoms with Gasteiger partial charge in [0.25, 0.3) is 5.91 Å². The van der Waals surface area contributed by atoms with Crippen LogP contribution in [0.25, 0.3) is 0 Å². The van der Waals surface area contributed by atoms with Crippen LogP contribution in [-0.4, -0.2) is 15.7 Å². The molecule has 0 bridgehead atoms. The van der Waals surface area contributed by atoms with Crippen molar-refractivity contribution in [2.45, 2.75) is 32.7 Å². The second kappa shape index (κ2) is 7.31. The summed E-state index contributed by atoms with van der Waals surface area (Å²) in [4.78, 5) is 12.3. The maximum absolute atomic E-state index is 13.8. The van der Waals surface area contributed by atoms with E-state index in [1.165, 1.54) is 17.7 Å². The van der Waals surface area contributed by atoms with Crippen LogP contribution in [0.2, 0.25) is 0 Å². The number of nitrogens with zero attached hydrogens (tertiary/aromatic N) is 2. The number of aromatic nitrogens is 2. The summed E-state index contributed by atoms with van der Waals surface area (Å²) in [7, 11) is 0. The highest BCUT2D eigenvalue weighted by Gasteiger charge is 2.17. The van der Waals surface area contributed by atoms with Gasteiger partial charge in [-0.3, -0.25) is 4.79 Å².